The second kappa shape index (κ2) is 51.4. The number of hydrogen-bond acceptors (Lipinski definition) is 18. The van der Waals surface area contributed by atoms with Crippen molar-refractivity contribution in [2.75, 3.05) is 65.7 Å². The molecule has 10 aromatic carbocycles. The zero-order valence-electron chi connectivity index (χ0n) is 83.3. The van der Waals surface area contributed by atoms with Crippen molar-refractivity contribution < 1.29 is 108 Å². The largest absolute Gasteiger partial charge is 0.508 e. The number of nitrogens with one attached hydrogen (secondary N) is 1. The monoisotopic (exact) mass is 2510 g/mol. The zero-order chi connectivity index (χ0) is 102. The van der Waals surface area contributed by atoms with Crippen LogP contribution in [0.2, 0.25) is 0 Å². The summed E-state index contributed by atoms with van der Waals surface area (Å²) in [5.41, 5.74) is 23.4. The summed E-state index contributed by atoms with van der Waals surface area (Å²) in [6.07, 6.45) is 25.9. The number of carboxylic acids is 2. The van der Waals surface area contributed by atoms with Crippen molar-refractivity contribution in [2.24, 2.45) is 23.7 Å². The van der Waals surface area contributed by atoms with Crippen LogP contribution in [-0.4, -0.2) is 155 Å². The Hall–Kier alpha value is -9.80. The van der Waals surface area contributed by atoms with E-state index < -0.39 is 11.9 Å². The smallest absolute Gasteiger partial charge is 0.410 e. The fourth-order valence-electron chi connectivity index (χ4n) is 26.2. The minimum absolute atomic E-state index is 0. The quantitative estimate of drug-likeness (QED) is 0.0255. The molecule has 0 aromatic heterocycles. The summed E-state index contributed by atoms with van der Waals surface area (Å²) in [5.74, 6) is 4.32. The number of ether oxygens (including phenoxy) is 8. The number of piperidine rings is 4. The number of likely N-dealkylation sites (tertiary alicyclic amines) is 4. The van der Waals surface area contributed by atoms with E-state index in [-0.39, 0.29) is 90.6 Å². The Morgan fingerprint density at radius 2 is 0.655 bits per heavy atom. The van der Waals surface area contributed by atoms with Crippen LogP contribution >= 0.6 is 82.4 Å². The summed E-state index contributed by atoms with van der Waals surface area (Å²) in [6.45, 7) is 6.44. The second-order valence-electron chi connectivity index (χ2n) is 39.8. The number of amides is 4. The van der Waals surface area contributed by atoms with Crippen LogP contribution in [0.1, 0.15) is 209 Å². The third kappa shape index (κ3) is 25.2. The number of phenols is 2. The summed E-state index contributed by atoms with van der Waals surface area (Å²) in [5, 5.41) is 38.9. The Morgan fingerprint density at radius 1 is 0.352 bits per heavy atom. The van der Waals surface area contributed by atoms with Crippen molar-refractivity contribution in [3.05, 3.63) is 298 Å². The van der Waals surface area contributed by atoms with Gasteiger partial charge in [-0.1, -0.05) is 203 Å². The molecule has 4 heterocycles. The van der Waals surface area contributed by atoms with Gasteiger partial charge in [-0.2, -0.15) is 0 Å². The molecule has 29 heteroatoms. The van der Waals surface area contributed by atoms with Gasteiger partial charge in [0.25, 0.3) is 11.9 Å². The van der Waals surface area contributed by atoms with E-state index in [1.54, 1.807) is 40.6 Å². The average Bonchev–Trinajstić information content (AvgIpc) is 0.722. The van der Waals surface area contributed by atoms with Gasteiger partial charge < -0.3 is 89.0 Å². The molecule has 8 fully saturated rings. The van der Waals surface area contributed by atoms with Crippen molar-refractivity contribution in [3.63, 3.8) is 0 Å². The number of fused-ring (bicyclic) bond motifs is 4. The Morgan fingerprint density at radius 3 is 1.01 bits per heavy atom. The standard InChI is InChI=1S/C32H36N2O4.C25H28INO3.C24H26INO3.C24H27NO3.C7H9NO.2C2H4O2.I2.Pd/c1-36-29-14-7-6-13-26(29)33-27-18-23-19-28-24-12-8-9-15-32(24,25(23)20-30(27)37-2)16-17-34(28)31(35)38-21-22-10-4-3-5-11-22;1-29-23-15-20-18(13-21(23)26)14-22-19-9-5-6-10-25(19,20)11-12-27(22)24(28)30-16-17-7-3-2-4-8-17;25-20-12-17-13-21-18-8-4-5-9-24(18,19(17)14-22(20)27)10-11-26(21)23(28)29-15-16-6-2-1-3-7-16;26-19-10-9-18-14-22-20-8-4-5-11-24(20,21(18)15-19)12-13-25(22)23(27)28-16-17-6-2-1-3-7-17;1-9-7-5-3-2-4-6(7)8;2*1-2(3)4;1-2;/h3-7,10-11,13-14,18,20,24,28,33H,8-9,12,15-17,19,21H2,1-2H3;2-4,7-8,13,15,19,22H,5-6,9-12,14,16H2,1H3;1-3,6-7,12,14,18,21,27H,4-5,8-11,13,15H2;1-3,6-7,9-10,15,20,22,26H,4-5,8,11-14,16H2;2-5H,8H2,1H3;2*1H3,(H,3,4);;/t24?,28-,32-;19?,22-,25-;18?,21-,24-;20?,22-,24-;;;;;/m0000...../s1. The van der Waals surface area contributed by atoms with Gasteiger partial charge in [-0.05, 0) is 311 Å². The van der Waals surface area contributed by atoms with E-state index in [4.69, 9.17) is 63.4 Å². The number of benzene rings is 10. The van der Waals surface area contributed by atoms with E-state index in [1.165, 1.54) is 109 Å². The summed E-state index contributed by atoms with van der Waals surface area (Å²) in [6, 6.07) is 74.8. The Labute approximate surface area is 916 Å². The van der Waals surface area contributed by atoms with Gasteiger partial charge in [-0.15, -0.1) is 0 Å². The molecule has 4 unspecified atom stereocenters. The number of hydrogen-bond donors (Lipinski definition) is 6. The summed E-state index contributed by atoms with van der Waals surface area (Å²) >= 11 is 8.81. The molecule has 12 aliphatic rings. The number of aromatic hydroxyl groups is 2. The molecule has 145 heavy (non-hydrogen) atoms. The molecule has 774 valence electrons. The van der Waals surface area contributed by atoms with Crippen LogP contribution in [0.4, 0.5) is 36.2 Å². The molecule has 4 amide bonds. The van der Waals surface area contributed by atoms with Crippen molar-refractivity contribution in [1.82, 2.24) is 19.6 Å². The number of carbonyl (C=O) groups excluding carboxylic acids is 4. The number of anilines is 3. The first kappa shape index (κ1) is 111. The number of methoxy groups -OCH3 is 4. The van der Waals surface area contributed by atoms with Gasteiger partial charge >= 0.3 is 24.4 Å². The third-order valence-electron chi connectivity index (χ3n) is 32.3. The minimum Gasteiger partial charge on any atom is -0.508 e. The number of para-hydroxylation sites is 4. The summed E-state index contributed by atoms with van der Waals surface area (Å²) < 4.78 is 47.1. The number of phenolic OH excluding ortho intramolecular Hbond substituents is 2. The Balaban J connectivity index is 0.000000144. The number of carboxylic acid groups (broad SMARTS) is 2. The van der Waals surface area contributed by atoms with Crippen LogP contribution in [0, 0.1) is 30.8 Å². The fraction of sp³-hybridized carbons (Fsp3) is 0.431. The van der Waals surface area contributed by atoms with E-state index in [0.717, 1.165) is 194 Å². The van der Waals surface area contributed by atoms with Crippen molar-refractivity contribution in [3.8, 4) is 34.5 Å². The van der Waals surface area contributed by atoms with Crippen LogP contribution < -0.4 is 30.0 Å². The molecule has 8 bridgehead atoms. The summed E-state index contributed by atoms with van der Waals surface area (Å²) in [4.78, 5) is 78.6. The van der Waals surface area contributed by atoms with Gasteiger partial charge in [0.2, 0.25) is 0 Å². The minimum atomic E-state index is -0.833. The Bertz CT molecular complexity index is 6060. The van der Waals surface area contributed by atoms with Gasteiger partial charge in [0.15, 0.2) is 0 Å². The first-order valence-corrected chi connectivity index (χ1v) is 58.9. The maximum Gasteiger partial charge on any atom is 0.410 e. The molecule has 12 atom stereocenters. The van der Waals surface area contributed by atoms with Crippen LogP contribution in [0.3, 0.4) is 0 Å². The normalized spacial score (nSPS) is 23.7. The predicted octanol–water partition coefficient (Wildman–Crippen LogP) is 25.9. The molecule has 22 rings (SSSR count). The molecule has 4 aliphatic heterocycles. The van der Waals surface area contributed by atoms with Crippen molar-refractivity contribution >= 4 is 136 Å². The van der Waals surface area contributed by atoms with Gasteiger partial charge in [0, 0.05) is 144 Å². The number of nitrogens with zero attached hydrogens (tertiary/aromatic N) is 4. The number of halogens is 4. The number of aliphatic carboxylic acids is 2. The second-order valence-corrected chi connectivity index (χ2v) is 42.1. The summed E-state index contributed by atoms with van der Waals surface area (Å²) in [7, 11) is 6.78. The first-order valence-electron chi connectivity index (χ1n) is 50.5. The van der Waals surface area contributed by atoms with E-state index in [1.807, 2.05) is 196 Å². The van der Waals surface area contributed by atoms with Gasteiger partial charge in [0.1, 0.15) is 60.9 Å². The number of nitrogen functional groups attached to an aromatic ring is 1. The van der Waals surface area contributed by atoms with Crippen molar-refractivity contribution in [2.45, 2.75) is 240 Å². The maximum absolute atomic E-state index is 13.4. The zero-order valence-corrected chi connectivity index (χ0v) is 93.5. The van der Waals surface area contributed by atoms with Gasteiger partial charge in [-0.3, -0.25) is 9.59 Å². The molecule has 10 aromatic rings. The molecular formula is C116H134I4N6O18Pd. The number of carbonyl (C=O) groups is 6. The first-order chi connectivity index (χ1) is 69.8. The van der Waals surface area contributed by atoms with Crippen LogP contribution in [0.25, 0.3) is 0 Å². The Kier molecular flexibility index (Phi) is 39.3. The van der Waals surface area contributed by atoms with Crippen molar-refractivity contribution in [1.29, 1.82) is 0 Å². The molecule has 7 N–H and O–H groups in total. The number of nitrogens with two attached hydrogens (primary N) is 1. The third-order valence-corrected chi connectivity index (χ3v) is 34.0. The molecular weight excluding hydrogens is 2380 g/mol. The molecule has 0 radical (unpaired) electrons. The molecule has 4 saturated heterocycles. The predicted molar refractivity (Wildman–Crippen MR) is 592 cm³/mol. The average molecular weight is 2510 g/mol. The molecule has 24 nitrogen and oxygen atoms in total. The van der Waals surface area contributed by atoms with Crippen LogP contribution in [0.15, 0.2) is 224 Å². The SMILES string of the molecule is CC(=O)O.CC(=O)O.COc1cc2c(cc1I)C[C@H]1C3CCCC[C@@]23CCN1C(=O)OCc1ccccc1.COc1ccccc1N.COc1ccccc1Nc1cc2c(cc1OC)[C@]13CCCCC1[C@H](C2)N(C(=O)OCc1ccccc1)CC3.II.O=C(OCc1ccccc1)N1CC[C@@]23CCCCC2[C@@H]1Cc1cc(I)c(O)cc13.O=C(OCc1ccccc1)N1CC[C@@]23CCCCC2[C@@H]1Cc1ccc(O)cc13.[Pd]. The molecule has 4 saturated carbocycles. The molecule has 8 aliphatic carbocycles. The van der Waals surface area contributed by atoms with Crippen LogP contribution in [0.5, 0.6) is 34.5 Å². The van der Waals surface area contributed by atoms with E-state index in [2.05, 4.69) is 124 Å². The van der Waals surface area contributed by atoms with Gasteiger partial charge in [0.05, 0.1) is 52.6 Å². The maximum atomic E-state index is 13.4. The topological polar surface area (TPSA) is 308 Å². The number of rotatable bonds is 14. The van der Waals surface area contributed by atoms with E-state index in [9.17, 15) is 29.4 Å². The van der Waals surface area contributed by atoms with E-state index >= 15 is 0 Å². The molecule has 0 spiro atoms. The van der Waals surface area contributed by atoms with Crippen LogP contribution in [-0.2, 0) is 123 Å². The van der Waals surface area contributed by atoms with Gasteiger partial charge in [-0.25, -0.2) is 19.2 Å². The fourth-order valence-corrected chi connectivity index (χ4v) is 27.5. The van der Waals surface area contributed by atoms with E-state index in [0.29, 0.717) is 67.3 Å².